The van der Waals surface area contributed by atoms with Crippen LogP contribution in [0.3, 0.4) is 0 Å². The molecule has 0 aliphatic heterocycles. The first-order chi connectivity index (χ1) is 9.79. The van der Waals surface area contributed by atoms with E-state index in [1.54, 1.807) is 12.1 Å². The lowest BCUT2D eigenvalue weighted by atomic mass is 10.0. The van der Waals surface area contributed by atoms with Crippen molar-refractivity contribution in [1.82, 2.24) is 10.6 Å². The molecule has 0 saturated carbocycles. The third-order valence-corrected chi connectivity index (χ3v) is 3.78. The molecule has 0 radical (unpaired) electrons. The van der Waals surface area contributed by atoms with Gasteiger partial charge in [0.1, 0.15) is 0 Å². The molecule has 1 aromatic rings. The summed E-state index contributed by atoms with van der Waals surface area (Å²) in [6.07, 6.45) is 0.886. The van der Waals surface area contributed by atoms with Gasteiger partial charge in [-0.05, 0) is 51.8 Å². The van der Waals surface area contributed by atoms with Crippen LogP contribution < -0.4 is 10.6 Å². The Kier molecular flexibility index (Phi) is 5.92. The number of carbonyl (C=O) groups excluding carboxylic acids is 1. The Bertz CT molecular complexity index is 514. The number of nitrogens with one attached hydrogen (secondary N) is 2. The molecule has 0 heterocycles. The zero-order chi connectivity index (χ0) is 16.0. The van der Waals surface area contributed by atoms with Gasteiger partial charge in [0.05, 0.1) is 17.7 Å². The van der Waals surface area contributed by atoms with Crippen LogP contribution in [0, 0.1) is 11.3 Å². The van der Waals surface area contributed by atoms with Gasteiger partial charge in [-0.15, -0.1) is 0 Å². The summed E-state index contributed by atoms with van der Waals surface area (Å²) in [5, 5.41) is 15.1. The van der Waals surface area contributed by atoms with Crippen molar-refractivity contribution in [3.05, 3.63) is 35.4 Å². The fourth-order valence-electron chi connectivity index (χ4n) is 1.92. The van der Waals surface area contributed by atoms with Gasteiger partial charge in [0.25, 0.3) is 0 Å². The number of carbonyl (C=O) groups is 1. The fourth-order valence-corrected chi connectivity index (χ4v) is 1.92. The van der Waals surface area contributed by atoms with E-state index >= 15 is 0 Å². The van der Waals surface area contributed by atoms with Crippen LogP contribution >= 0.6 is 0 Å². The highest BCUT2D eigenvalue weighted by molar-refractivity contribution is 5.82. The molecular formula is C17H25N3O. The number of nitriles is 1. The van der Waals surface area contributed by atoms with Gasteiger partial charge >= 0.3 is 0 Å². The molecule has 2 N–H and O–H groups in total. The quantitative estimate of drug-likeness (QED) is 0.845. The Morgan fingerprint density at radius 2 is 1.86 bits per heavy atom. The van der Waals surface area contributed by atoms with Crippen LogP contribution in [0.4, 0.5) is 0 Å². The van der Waals surface area contributed by atoms with E-state index in [4.69, 9.17) is 5.26 Å². The standard InChI is InChI=1S/C17H25N3O/c1-6-17(4,5)20-16(21)13(3)19-12(2)15-9-7-14(11-18)8-10-15/h7-10,12-13,19H,6H2,1-5H3,(H,20,21)/t12-,13-/m0/s1. The smallest absolute Gasteiger partial charge is 0.237 e. The van der Waals surface area contributed by atoms with Crippen LogP contribution in [0.15, 0.2) is 24.3 Å². The molecule has 1 rings (SSSR count). The predicted molar refractivity (Wildman–Crippen MR) is 84.7 cm³/mol. The first kappa shape index (κ1) is 17.2. The van der Waals surface area contributed by atoms with E-state index < -0.39 is 0 Å². The molecule has 0 unspecified atom stereocenters. The van der Waals surface area contributed by atoms with Crippen LogP contribution in [0.1, 0.15) is 58.2 Å². The number of nitrogens with zero attached hydrogens (tertiary/aromatic N) is 1. The molecule has 4 nitrogen and oxygen atoms in total. The predicted octanol–water partition coefficient (Wildman–Crippen LogP) is 2.90. The van der Waals surface area contributed by atoms with E-state index in [1.165, 1.54) is 0 Å². The van der Waals surface area contributed by atoms with Gasteiger partial charge in [0.15, 0.2) is 0 Å². The van der Waals surface area contributed by atoms with Crippen molar-refractivity contribution in [2.75, 3.05) is 0 Å². The normalized spacial score (nSPS) is 14.1. The molecule has 114 valence electrons. The van der Waals surface area contributed by atoms with Crippen molar-refractivity contribution in [1.29, 1.82) is 5.26 Å². The maximum Gasteiger partial charge on any atom is 0.237 e. The highest BCUT2D eigenvalue weighted by Gasteiger charge is 2.22. The average Bonchev–Trinajstić information content (AvgIpc) is 2.46. The Balaban J connectivity index is 2.62. The minimum absolute atomic E-state index is 0.00217. The average molecular weight is 287 g/mol. The highest BCUT2D eigenvalue weighted by atomic mass is 16.2. The molecule has 0 aliphatic carbocycles. The van der Waals surface area contributed by atoms with Gasteiger partial charge in [0, 0.05) is 11.6 Å². The molecule has 0 fully saturated rings. The number of rotatable bonds is 6. The van der Waals surface area contributed by atoms with Gasteiger partial charge in [-0.25, -0.2) is 0 Å². The third kappa shape index (κ3) is 5.20. The molecule has 1 amide bonds. The Hall–Kier alpha value is -1.86. The van der Waals surface area contributed by atoms with E-state index in [0.29, 0.717) is 5.56 Å². The van der Waals surface area contributed by atoms with Gasteiger partial charge in [-0.1, -0.05) is 19.1 Å². The van der Waals surface area contributed by atoms with Gasteiger partial charge < -0.3 is 5.32 Å². The third-order valence-electron chi connectivity index (χ3n) is 3.78. The number of benzene rings is 1. The Morgan fingerprint density at radius 3 is 2.33 bits per heavy atom. The van der Waals surface area contributed by atoms with E-state index in [1.807, 2.05) is 39.8 Å². The van der Waals surface area contributed by atoms with Crippen LogP contribution in [0.25, 0.3) is 0 Å². The van der Waals surface area contributed by atoms with Crippen LogP contribution in [-0.2, 0) is 4.79 Å². The lowest BCUT2D eigenvalue weighted by molar-refractivity contribution is -0.124. The van der Waals surface area contributed by atoms with E-state index in [2.05, 4.69) is 23.6 Å². The first-order valence-corrected chi connectivity index (χ1v) is 7.37. The number of hydrogen-bond acceptors (Lipinski definition) is 3. The summed E-state index contributed by atoms with van der Waals surface area (Å²) in [6, 6.07) is 9.28. The Labute approximate surface area is 127 Å². The van der Waals surface area contributed by atoms with Crippen LogP contribution in [0.5, 0.6) is 0 Å². The molecule has 4 heteroatoms. The summed E-state index contributed by atoms with van der Waals surface area (Å²) in [7, 11) is 0. The zero-order valence-corrected chi connectivity index (χ0v) is 13.5. The Morgan fingerprint density at radius 1 is 1.29 bits per heavy atom. The minimum Gasteiger partial charge on any atom is -0.350 e. The second-order valence-electron chi connectivity index (χ2n) is 6.07. The van der Waals surface area contributed by atoms with Crippen molar-refractivity contribution >= 4 is 5.91 Å². The van der Waals surface area contributed by atoms with Gasteiger partial charge in [0.2, 0.25) is 5.91 Å². The summed E-state index contributed by atoms with van der Waals surface area (Å²) >= 11 is 0. The molecule has 0 aliphatic rings. The zero-order valence-electron chi connectivity index (χ0n) is 13.5. The molecular weight excluding hydrogens is 262 g/mol. The topological polar surface area (TPSA) is 64.9 Å². The van der Waals surface area contributed by atoms with E-state index in [9.17, 15) is 4.79 Å². The van der Waals surface area contributed by atoms with Crippen LogP contribution in [-0.4, -0.2) is 17.5 Å². The molecule has 0 saturated heterocycles. The van der Waals surface area contributed by atoms with Crippen molar-refractivity contribution in [2.45, 2.75) is 58.7 Å². The molecule has 0 bridgehead atoms. The van der Waals surface area contributed by atoms with Gasteiger partial charge in [-0.3, -0.25) is 10.1 Å². The van der Waals surface area contributed by atoms with Crippen molar-refractivity contribution in [3.63, 3.8) is 0 Å². The van der Waals surface area contributed by atoms with Crippen molar-refractivity contribution in [3.8, 4) is 6.07 Å². The van der Waals surface area contributed by atoms with Crippen molar-refractivity contribution in [2.24, 2.45) is 0 Å². The lowest BCUT2D eigenvalue weighted by Gasteiger charge is -2.28. The molecule has 0 aromatic heterocycles. The lowest BCUT2D eigenvalue weighted by Crippen LogP contribution is -2.51. The van der Waals surface area contributed by atoms with Crippen LogP contribution in [0.2, 0.25) is 0 Å². The monoisotopic (exact) mass is 287 g/mol. The first-order valence-electron chi connectivity index (χ1n) is 7.37. The molecule has 0 spiro atoms. The minimum atomic E-state index is -0.276. The SMILES string of the molecule is CCC(C)(C)NC(=O)[C@H](C)N[C@@H](C)c1ccc(C#N)cc1. The van der Waals surface area contributed by atoms with Gasteiger partial charge in [-0.2, -0.15) is 5.26 Å². The fraction of sp³-hybridized carbons (Fsp3) is 0.529. The second kappa shape index (κ2) is 7.24. The van der Waals surface area contributed by atoms with E-state index in [-0.39, 0.29) is 23.5 Å². The summed E-state index contributed by atoms with van der Waals surface area (Å²) in [5.74, 6) is 0.00217. The second-order valence-corrected chi connectivity index (χ2v) is 6.07. The molecule has 1 aromatic carbocycles. The largest absolute Gasteiger partial charge is 0.350 e. The summed E-state index contributed by atoms with van der Waals surface area (Å²) in [5.41, 5.74) is 1.51. The van der Waals surface area contributed by atoms with E-state index in [0.717, 1.165) is 12.0 Å². The molecule has 2 atom stereocenters. The number of amides is 1. The highest BCUT2D eigenvalue weighted by Crippen LogP contribution is 2.14. The summed E-state index contributed by atoms with van der Waals surface area (Å²) in [4.78, 5) is 12.2. The summed E-state index contributed by atoms with van der Waals surface area (Å²) < 4.78 is 0. The number of hydrogen-bond donors (Lipinski definition) is 2. The van der Waals surface area contributed by atoms with Crippen molar-refractivity contribution < 1.29 is 4.79 Å². The summed E-state index contributed by atoms with van der Waals surface area (Å²) in [6.45, 7) is 9.96. The molecule has 21 heavy (non-hydrogen) atoms. The maximum atomic E-state index is 12.2. The maximum absolute atomic E-state index is 12.2.